The number of terminal acetylenes is 1. The third kappa shape index (κ3) is 2.22. The molecule has 0 aromatic carbocycles. The first-order chi connectivity index (χ1) is 6.15. The lowest BCUT2D eigenvalue weighted by Gasteiger charge is -2.16. The number of nitrogens with two attached hydrogens (primary N) is 1. The van der Waals surface area contributed by atoms with Crippen molar-refractivity contribution in [3.8, 4) is 12.3 Å². The standard InChI is InChI=1S/C9H12N2O2/c1-2-8(12)11-7-5-3-4-6(7)9(10)13/h1,6-7H,3-5H2,(H2,10,13)(H,11,12). The maximum absolute atomic E-state index is 10.9. The van der Waals surface area contributed by atoms with E-state index in [0.717, 1.165) is 19.3 Å². The second-order valence-corrected chi connectivity index (χ2v) is 3.16. The predicted octanol–water partition coefficient (Wildman–Crippen LogP) is -0.610. The lowest BCUT2D eigenvalue weighted by Crippen LogP contribution is -2.41. The highest BCUT2D eigenvalue weighted by molar-refractivity contribution is 5.93. The topological polar surface area (TPSA) is 72.2 Å². The Labute approximate surface area is 76.9 Å². The van der Waals surface area contributed by atoms with Crippen molar-refractivity contribution in [1.82, 2.24) is 5.32 Å². The fourth-order valence-corrected chi connectivity index (χ4v) is 1.68. The van der Waals surface area contributed by atoms with Gasteiger partial charge in [-0.3, -0.25) is 9.59 Å². The van der Waals surface area contributed by atoms with Gasteiger partial charge in [0.25, 0.3) is 5.91 Å². The van der Waals surface area contributed by atoms with Crippen LogP contribution in [0, 0.1) is 18.3 Å². The molecule has 4 nitrogen and oxygen atoms in total. The van der Waals surface area contributed by atoms with Gasteiger partial charge in [0.15, 0.2) is 0 Å². The number of carbonyl (C=O) groups is 2. The molecule has 4 heteroatoms. The van der Waals surface area contributed by atoms with E-state index in [1.807, 2.05) is 5.92 Å². The van der Waals surface area contributed by atoms with Crippen molar-refractivity contribution in [2.24, 2.45) is 11.7 Å². The van der Waals surface area contributed by atoms with Crippen molar-refractivity contribution in [1.29, 1.82) is 0 Å². The number of primary amides is 1. The van der Waals surface area contributed by atoms with Crippen LogP contribution in [0.4, 0.5) is 0 Å². The lowest BCUT2D eigenvalue weighted by atomic mass is 10.0. The van der Waals surface area contributed by atoms with Gasteiger partial charge in [-0.2, -0.15) is 0 Å². The number of nitrogens with one attached hydrogen (secondary N) is 1. The minimum absolute atomic E-state index is 0.166. The van der Waals surface area contributed by atoms with Crippen molar-refractivity contribution in [3.05, 3.63) is 0 Å². The van der Waals surface area contributed by atoms with E-state index in [2.05, 4.69) is 5.32 Å². The molecule has 2 unspecified atom stereocenters. The molecule has 1 saturated carbocycles. The Morgan fingerprint density at radius 1 is 1.46 bits per heavy atom. The molecule has 2 amide bonds. The van der Waals surface area contributed by atoms with Gasteiger partial charge >= 0.3 is 0 Å². The van der Waals surface area contributed by atoms with E-state index in [1.54, 1.807) is 0 Å². The molecule has 0 spiro atoms. The molecule has 70 valence electrons. The van der Waals surface area contributed by atoms with E-state index in [-0.39, 0.29) is 17.9 Å². The number of rotatable bonds is 2. The highest BCUT2D eigenvalue weighted by atomic mass is 16.2. The van der Waals surface area contributed by atoms with Crippen LogP contribution in [0.25, 0.3) is 0 Å². The Morgan fingerprint density at radius 2 is 2.15 bits per heavy atom. The van der Waals surface area contributed by atoms with Crippen LogP contribution in [0.2, 0.25) is 0 Å². The van der Waals surface area contributed by atoms with Crippen LogP contribution < -0.4 is 11.1 Å². The first-order valence-corrected chi connectivity index (χ1v) is 4.21. The van der Waals surface area contributed by atoms with Gasteiger partial charge in [0.1, 0.15) is 0 Å². The van der Waals surface area contributed by atoms with Gasteiger partial charge < -0.3 is 11.1 Å². The Kier molecular flexibility index (Phi) is 2.91. The normalized spacial score (nSPS) is 26.4. The zero-order chi connectivity index (χ0) is 9.84. The van der Waals surface area contributed by atoms with E-state index in [4.69, 9.17) is 12.2 Å². The van der Waals surface area contributed by atoms with Crippen LogP contribution in [-0.2, 0) is 9.59 Å². The number of carbonyl (C=O) groups excluding carboxylic acids is 2. The monoisotopic (exact) mass is 180 g/mol. The molecule has 1 rings (SSSR count). The molecule has 13 heavy (non-hydrogen) atoms. The minimum atomic E-state index is -0.474. The molecule has 0 heterocycles. The zero-order valence-electron chi connectivity index (χ0n) is 7.25. The van der Waals surface area contributed by atoms with E-state index in [0.29, 0.717) is 0 Å². The van der Waals surface area contributed by atoms with Crippen molar-refractivity contribution in [2.75, 3.05) is 0 Å². The Hall–Kier alpha value is -1.50. The molecule has 0 bridgehead atoms. The molecule has 3 N–H and O–H groups in total. The summed E-state index contributed by atoms with van der Waals surface area (Å²) in [7, 11) is 0. The summed E-state index contributed by atoms with van der Waals surface area (Å²) in [6.45, 7) is 0. The second-order valence-electron chi connectivity index (χ2n) is 3.16. The summed E-state index contributed by atoms with van der Waals surface area (Å²) in [6.07, 6.45) is 7.32. The van der Waals surface area contributed by atoms with E-state index in [1.165, 1.54) is 0 Å². The Bertz CT molecular complexity index is 267. The highest BCUT2D eigenvalue weighted by Gasteiger charge is 2.32. The predicted molar refractivity (Wildman–Crippen MR) is 47.3 cm³/mol. The van der Waals surface area contributed by atoms with Crippen LogP contribution in [0.15, 0.2) is 0 Å². The molecule has 1 fully saturated rings. The smallest absolute Gasteiger partial charge is 0.295 e. The summed E-state index contributed by atoms with van der Waals surface area (Å²) in [5, 5.41) is 2.58. The molecular formula is C9H12N2O2. The first-order valence-electron chi connectivity index (χ1n) is 4.21. The summed E-state index contributed by atoms with van der Waals surface area (Å²) in [6, 6.07) is -0.166. The van der Waals surface area contributed by atoms with Crippen LogP contribution in [-0.4, -0.2) is 17.9 Å². The minimum Gasteiger partial charge on any atom is -0.369 e. The molecular weight excluding hydrogens is 168 g/mol. The molecule has 0 aromatic rings. The highest BCUT2D eigenvalue weighted by Crippen LogP contribution is 2.24. The quantitative estimate of drug-likeness (QED) is 0.556. The molecule has 0 radical (unpaired) electrons. The number of amides is 2. The average molecular weight is 180 g/mol. The summed E-state index contributed by atoms with van der Waals surface area (Å²) >= 11 is 0. The van der Waals surface area contributed by atoms with Crippen molar-refractivity contribution in [3.63, 3.8) is 0 Å². The number of hydrogen-bond donors (Lipinski definition) is 2. The number of hydrogen-bond acceptors (Lipinski definition) is 2. The van der Waals surface area contributed by atoms with Gasteiger partial charge in [0, 0.05) is 6.04 Å². The van der Waals surface area contributed by atoms with Gasteiger partial charge in [-0.05, 0) is 18.8 Å². The molecule has 0 aromatic heterocycles. The largest absolute Gasteiger partial charge is 0.369 e. The van der Waals surface area contributed by atoms with Gasteiger partial charge in [0.2, 0.25) is 5.91 Å². The van der Waals surface area contributed by atoms with Gasteiger partial charge in [0.05, 0.1) is 5.92 Å². The molecule has 0 saturated heterocycles. The van der Waals surface area contributed by atoms with Crippen molar-refractivity contribution >= 4 is 11.8 Å². The molecule has 0 aliphatic heterocycles. The third-order valence-corrected chi connectivity index (χ3v) is 2.33. The SMILES string of the molecule is C#CC(=O)NC1CCCC1C(N)=O. The fourth-order valence-electron chi connectivity index (χ4n) is 1.68. The Balaban J connectivity index is 2.55. The zero-order valence-corrected chi connectivity index (χ0v) is 7.25. The summed E-state index contributed by atoms with van der Waals surface area (Å²) < 4.78 is 0. The molecule has 1 aliphatic rings. The van der Waals surface area contributed by atoms with Crippen molar-refractivity contribution in [2.45, 2.75) is 25.3 Å². The third-order valence-electron chi connectivity index (χ3n) is 2.33. The van der Waals surface area contributed by atoms with E-state index < -0.39 is 5.91 Å². The van der Waals surface area contributed by atoms with E-state index in [9.17, 15) is 9.59 Å². The van der Waals surface area contributed by atoms with Gasteiger partial charge in [-0.15, -0.1) is 6.42 Å². The summed E-state index contributed by atoms with van der Waals surface area (Å²) in [5.74, 6) is 0.861. The second kappa shape index (κ2) is 3.94. The van der Waals surface area contributed by atoms with Crippen LogP contribution in [0.3, 0.4) is 0 Å². The summed E-state index contributed by atoms with van der Waals surface area (Å²) in [5.41, 5.74) is 5.16. The average Bonchev–Trinajstić information content (AvgIpc) is 2.52. The van der Waals surface area contributed by atoms with Crippen LogP contribution in [0.1, 0.15) is 19.3 Å². The maximum Gasteiger partial charge on any atom is 0.295 e. The maximum atomic E-state index is 10.9. The molecule has 1 aliphatic carbocycles. The fraction of sp³-hybridized carbons (Fsp3) is 0.556. The lowest BCUT2D eigenvalue weighted by molar-refractivity contribution is -0.122. The van der Waals surface area contributed by atoms with Crippen LogP contribution >= 0.6 is 0 Å². The van der Waals surface area contributed by atoms with Crippen molar-refractivity contribution < 1.29 is 9.59 Å². The van der Waals surface area contributed by atoms with Gasteiger partial charge in [-0.1, -0.05) is 6.42 Å². The van der Waals surface area contributed by atoms with Crippen LogP contribution in [0.5, 0.6) is 0 Å². The van der Waals surface area contributed by atoms with E-state index >= 15 is 0 Å². The summed E-state index contributed by atoms with van der Waals surface area (Å²) in [4.78, 5) is 21.7. The van der Waals surface area contributed by atoms with Gasteiger partial charge in [-0.25, -0.2) is 0 Å². The molecule has 2 atom stereocenters. The first kappa shape index (κ1) is 9.59. The Morgan fingerprint density at radius 3 is 2.69 bits per heavy atom.